The van der Waals surface area contributed by atoms with Crippen molar-refractivity contribution in [1.29, 1.82) is 0 Å². The van der Waals surface area contributed by atoms with Crippen molar-refractivity contribution in [3.8, 4) is 0 Å². The summed E-state index contributed by atoms with van der Waals surface area (Å²) >= 11 is 3.38. The zero-order valence-electron chi connectivity index (χ0n) is 9.40. The zero-order valence-corrected chi connectivity index (χ0v) is 11.0. The summed E-state index contributed by atoms with van der Waals surface area (Å²) in [4.78, 5) is 12.1. The molecule has 3 heteroatoms. The molecule has 1 N–H and O–H groups in total. The number of hydrogen-bond acceptors (Lipinski definition) is 1. The first kappa shape index (κ1) is 11.0. The number of amides is 1. The van der Waals surface area contributed by atoms with Crippen molar-refractivity contribution in [2.45, 2.75) is 12.8 Å². The van der Waals surface area contributed by atoms with Gasteiger partial charge < -0.3 is 5.32 Å². The average molecular weight is 292 g/mol. The highest BCUT2D eigenvalue weighted by atomic mass is 79.9. The maximum absolute atomic E-state index is 12.1. The van der Waals surface area contributed by atoms with Crippen molar-refractivity contribution in [1.82, 2.24) is 0 Å². The molecule has 17 heavy (non-hydrogen) atoms. The summed E-state index contributed by atoms with van der Waals surface area (Å²) in [5.41, 5.74) is 0.880. The Morgan fingerprint density at radius 1 is 1.18 bits per heavy atom. The average Bonchev–Trinajstić information content (AvgIpc) is 2.94. The van der Waals surface area contributed by atoms with Crippen LogP contribution in [0, 0.1) is 17.8 Å². The Hall–Kier alpha value is -1.09. The lowest BCUT2D eigenvalue weighted by atomic mass is 9.93. The third-order valence-corrected chi connectivity index (χ3v) is 4.26. The molecule has 1 aromatic carbocycles. The van der Waals surface area contributed by atoms with E-state index in [-0.39, 0.29) is 11.8 Å². The number of fused-ring (bicyclic) bond motifs is 2. The number of hydrogen-bond donors (Lipinski definition) is 1. The van der Waals surface area contributed by atoms with Crippen LogP contribution in [0.2, 0.25) is 0 Å². The van der Waals surface area contributed by atoms with Gasteiger partial charge in [0.1, 0.15) is 0 Å². The van der Waals surface area contributed by atoms with E-state index in [1.165, 1.54) is 6.42 Å². The summed E-state index contributed by atoms with van der Waals surface area (Å²) in [6.45, 7) is 0. The summed E-state index contributed by atoms with van der Waals surface area (Å²) in [6, 6.07) is 7.72. The molecule has 0 radical (unpaired) electrons. The molecule has 0 aliphatic heterocycles. The number of nitrogens with one attached hydrogen (secondary N) is 1. The molecule has 1 fully saturated rings. The highest BCUT2D eigenvalue weighted by Gasteiger charge is 2.39. The van der Waals surface area contributed by atoms with E-state index in [1.807, 2.05) is 24.3 Å². The Morgan fingerprint density at radius 2 is 1.94 bits per heavy atom. The van der Waals surface area contributed by atoms with Gasteiger partial charge in [0.2, 0.25) is 5.91 Å². The SMILES string of the molecule is O=C(Nc1ccc(Br)cc1)[C@@H]1C[C@H]2C=C[C@H]1C2. The van der Waals surface area contributed by atoms with E-state index < -0.39 is 0 Å². The Bertz CT molecular complexity index is 466. The second-order valence-corrected chi connectivity index (χ2v) is 5.80. The van der Waals surface area contributed by atoms with Crippen LogP contribution in [0.4, 0.5) is 5.69 Å². The quantitative estimate of drug-likeness (QED) is 0.829. The molecule has 1 saturated carbocycles. The number of anilines is 1. The number of carbonyl (C=O) groups is 1. The van der Waals surface area contributed by atoms with Crippen molar-refractivity contribution in [3.63, 3.8) is 0 Å². The first-order chi connectivity index (χ1) is 8.22. The van der Waals surface area contributed by atoms with Gasteiger partial charge in [-0.25, -0.2) is 0 Å². The van der Waals surface area contributed by atoms with Gasteiger partial charge in [0, 0.05) is 16.1 Å². The van der Waals surface area contributed by atoms with E-state index in [0.717, 1.165) is 16.6 Å². The van der Waals surface area contributed by atoms with E-state index in [9.17, 15) is 4.79 Å². The smallest absolute Gasteiger partial charge is 0.228 e. The second kappa shape index (κ2) is 4.30. The van der Waals surface area contributed by atoms with Crippen molar-refractivity contribution >= 4 is 27.5 Å². The summed E-state index contributed by atoms with van der Waals surface area (Å²) in [5, 5.41) is 3.00. The number of halogens is 1. The van der Waals surface area contributed by atoms with Gasteiger partial charge in [-0.1, -0.05) is 28.1 Å². The van der Waals surface area contributed by atoms with Crippen molar-refractivity contribution in [3.05, 3.63) is 40.9 Å². The minimum atomic E-state index is 0.171. The Balaban J connectivity index is 1.68. The third kappa shape index (κ3) is 2.16. The minimum Gasteiger partial charge on any atom is -0.326 e. The predicted molar refractivity (Wildman–Crippen MR) is 71.6 cm³/mol. The van der Waals surface area contributed by atoms with Crippen molar-refractivity contribution in [2.75, 3.05) is 5.32 Å². The zero-order chi connectivity index (χ0) is 11.8. The molecular weight excluding hydrogens is 278 g/mol. The van der Waals surface area contributed by atoms with Crippen LogP contribution >= 0.6 is 15.9 Å². The largest absolute Gasteiger partial charge is 0.326 e. The molecule has 0 heterocycles. The third-order valence-electron chi connectivity index (χ3n) is 3.73. The molecule has 1 amide bonds. The standard InChI is InChI=1S/C14H14BrNO/c15-11-3-5-12(6-4-11)16-14(17)13-8-9-1-2-10(13)7-9/h1-6,9-10,13H,7-8H2,(H,16,17)/t9-,10-,13+/m0/s1. The molecule has 0 spiro atoms. The van der Waals surface area contributed by atoms with Gasteiger partial charge >= 0.3 is 0 Å². The van der Waals surface area contributed by atoms with E-state index in [2.05, 4.69) is 33.4 Å². The van der Waals surface area contributed by atoms with Crippen LogP contribution in [0.1, 0.15) is 12.8 Å². The van der Waals surface area contributed by atoms with Crippen LogP contribution in [-0.2, 0) is 4.79 Å². The molecule has 2 bridgehead atoms. The fourth-order valence-electron chi connectivity index (χ4n) is 2.85. The van der Waals surface area contributed by atoms with E-state index in [1.54, 1.807) is 0 Å². The maximum Gasteiger partial charge on any atom is 0.228 e. The lowest BCUT2D eigenvalue weighted by Crippen LogP contribution is -2.25. The Labute approximate surface area is 109 Å². The number of rotatable bonds is 2. The van der Waals surface area contributed by atoms with Gasteiger partial charge in [0.25, 0.3) is 0 Å². The van der Waals surface area contributed by atoms with Crippen molar-refractivity contribution < 1.29 is 4.79 Å². The van der Waals surface area contributed by atoms with Crippen LogP contribution in [0.3, 0.4) is 0 Å². The fraction of sp³-hybridized carbons (Fsp3) is 0.357. The first-order valence-corrected chi connectivity index (χ1v) is 6.76. The fourth-order valence-corrected chi connectivity index (χ4v) is 3.11. The maximum atomic E-state index is 12.1. The van der Waals surface area contributed by atoms with Gasteiger partial charge in [-0.2, -0.15) is 0 Å². The number of benzene rings is 1. The minimum absolute atomic E-state index is 0.171. The van der Waals surface area contributed by atoms with E-state index in [4.69, 9.17) is 0 Å². The lowest BCUT2D eigenvalue weighted by molar-refractivity contribution is -0.120. The van der Waals surface area contributed by atoms with Gasteiger partial charge in [0.05, 0.1) is 0 Å². The molecule has 2 aliphatic rings. The highest BCUT2D eigenvalue weighted by Crippen LogP contribution is 2.43. The van der Waals surface area contributed by atoms with Gasteiger partial charge in [-0.15, -0.1) is 0 Å². The van der Waals surface area contributed by atoms with E-state index >= 15 is 0 Å². The normalized spacial score (nSPS) is 29.6. The molecule has 3 atom stereocenters. The van der Waals surface area contributed by atoms with Crippen LogP contribution in [0.5, 0.6) is 0 Å². The van der Waals surface area contributed by atoms with Crippen LogP contribution in [0.15, 0.2) is 40.9 Å². The molecule has 2 nitrogen and oxygen atoms in total. The summed E-state index contributed by atoms with van der Waals surface area (Å²) in [7, 11) is 0. The molecule has 2 aliphatic carbocycles. The Morgan fingerprint density at radius 3 is 2.53 bits per heavy atom. The summed E-state index contributed by atoms with van der Waals surface area (Å²) < 4.78 is 1.03. The van der Waals surface area contributed by atoms with Gasteiger partial charge in [-0.3, -0.25) is 4.79 Å². The number of allylic oxidation sites excluding steroid dienone is 2. The molecule has 0 aromatic heterocycles. The lowest BCUT2D eigenvalue weighted by Gasteiger charge is -2.17. The monoisotopic (exact) mass is 291 g/mol. The van der Waals surface area contributed by atoms with Gasteiger partial charge in [0.15, 0.2) is 0 Å². The Kier molecular flexibility index (Phi) is 2.79. The molecule has 88 valence electrons. The summed E-state index contributed by atoms with van der Waals surface area (Å²) in [6.07, 6.45) is 6.65. The molecule has 0 unspecified atom stereocenters. The topological polar surface area (TPSA) is 29.1 Å². The first-order valence-electron chi connectivity index (χ1n) is 5.97. The summed E-state index contributed by atoms with van der Waals surface area (Å²) in [5.74, 6) is 1.45. The highest BCUT2D eigenvalue weighted by molar-refractivity contribution is 9.10. The van der Waals surface area contributed by atoms with E-state index in [0.29, 0.717) is 11.8 Å². The second-order valence-electron chi connectivity index (χ2n) is 4.88. The van der Waals surface area contributed by atoms with Crippen LogP contribution in [0.25, 0.3) is 0 Å². The van der Waals surface area contributed by atoms with Crippen LogP contribution < -0.4 is 5.32 Å². The number of carbonyl (C=O) groups excluding carboxylic acids is 1. The molecule has 0 saturated heterocycles. The van der Waals surface area contributed by atoms with Crippen LogP contribution in [-0.4, -0.2) is 5.91 Å². The molecule has 3 rings (SSSR count). The molecular formula is C14H14BrNO. The van der Waals surface area contributed by atoms with Crippen molar-refractivity contribution in [2.24, 2.45) is 17.8 Å². The molecule has 1 aromatic rings. The predicted octanol–water partition coefficient (Wildman–Crippen LogP) is 3.60. The van der Waals surface area contributed by atoms with Gasteiger partial charge in [-0.05, 0) is 48.9 Å².